The first-order valence-corrected chi connectivity index (χ1v) is 9.08. The first-order valence-electron chi connectivity index (χ1n) is 8.32. The molecule has 1 unspecified atom stereocenters. The number of carbonyl (C=O) groups is 2. The Morgan fingerprint density at radius 3 is 2.12 bits per heavy atom. The Morgan fingerprint density at radius 1 is 0.923 bits per heavy atom. The fourth-order valence-corrected chi connectivity index (χ4v) is 2.73. The number of hydrogen-bond donors (Lipinski definition) is 3. The van der Waals surface area contributed by atoms with Gasteiger partial charge in [-0.2, -0.15) is 0 Å². The maximum absolute atomic E-state index is 12.3. The Morgan fingerprint density at radius 2 is 1.50 bits per heavy atom. The number of halogens is 2. The number of benzene rings is 2. The number of likely N-dealkylation sites (N-methyl/N-ethyl adjacent to an activating group) is 1. The molecule has 0 spiro atoms. The average molecular weight is 395 g/mol. The Bertz CT molecular complexity index is 779. The molecule has 0 saturated carbocycles. The lowest BCUT2D eigenvalue weighted by atomic mass is 10.2. The summed E-state index contributed by atoms with van der Waals surface area (Å²) in [6.07, 6.45) is 0. The van der Waals surface area contributed by atoms with Gasteiger partial charge in [0.2, 0.25) is 0 Å². The number of nitrogens with one attached hydrogen (secondary N) is 3. The monoisotopic (exact) mass is 394 g/mol. The summed E-state index contributed by atoms with van der Waals surface area (Å²) in [5.41, 5.74) is 2.29. The van der Waals surface area contributed by atoms with Gasteiger partial charge < -0.3 is 15.5 Å². The third kappa shape index (κ3) is 6.33. The van der Waals surface area contributed by atoms with E-state index in [0.717, 1.165) is 10.5 Å². The third-order valence-electron chi connectivity index (χ3n) is 3.92. The van der Waals surface area contributed by atoms with Gasteiger partial charge in [0, 0.05) is 21.4 Å². The van der Waals surface area contributed by atoms with Crippen LogP contribution in [0.15, 0.2) is 42.5 Å². The molecular formula is C19H22Cl2N3O2+. The van der Waals surface area contributed by atoms with Gasteiger partial charge in [-0.05, 0) is 55.8 Å². The van der Waals surface area contributed by atoms with Crippen LogP contribution in [0, 0.1) is 6.92 Å². The molecule has 5 nitrogen and oxygen atoms in total. The highest BCUT2D eigenvalue weighted by Crippen LogP contribution is 2.19. The third-order valence-corrected chi connectivity index (χ3v) is 4.41. The lowest BCUT2D eigenvalue weighted by molar-refractivity contribution is -0.881. The second kappa shape index (κ2) is 9.57. The van der Waals surface area contributed by atoms with Crippen molar-refractivity contribution in [3.8, 4) is 0 Å². The fraction of sp³-hybridized carbons (Fsp3) is 0.263. The zero-order valence-corrected chi connectivity index (χ0v) is 16.2. The fourth-order valence-electron chi connectivity index (χ4n) is 2.43. The summed E-state index contributed by atoms with van der Waals surface area (Å²) in [5.74, 6) is -0.317. The number of aryl methyl sites for hydroxylation is 1. The Kier molecular flexibility index (Phi) is 7.45. The highest BCUT2D eigenvalue weighted by molar-refractivity contribution is 6.31. The summed E-state index contributed by atoms with van der Waals surface area (Å²) < 4.78 is 0. The van der Waals surface area contributed by atoms with Crippen LogP contribution >= 0.6 is 23.2 Å². The molecule has 0 fully saturated rings. The van der Waals surface area contributed by atoms with Gasteiger partial charge in [-0.3, -0.25) is 9.59 Å². The van der Waals surface area contributed by atoms with Gasteiger partial charge in [0.05, 0.1) is 6.54 Å². The SMILES string of the molecule is CC[NH+](CC(=O)Nc1ccc(Cl)cc1)CC(=O)Nc1cc(Cl)ccc1C. The molecule has 0 bridgehead atoms. The summed E-state index contributed by atoms with van der Waals surface area (Å²) >= 11 is 11.8. The summed E-state index contributed by atoms with van der Waals surface area (Å²) in [4.78, 5) is 25.3. The Balaban J connectivity index is 1.89. The van der Waals surface area contributed by atoms with Crippen molar-refractivity contribution in [1.82, 2.24) is 0 Å². The molecule has 138 valence electrons. The molecule has 2 aromatic carbocycles. The molecule has 1 atom stereocenters. The summed E-state index contributed by atoms with van der Waals surface area (Å²) in [6.45, 7) is 4.87. The quantitative estimate of drug-likeness (QED) is 0.675. The number of quaternary nitrogens is 1. The van der Waals surface area contributed by atoms with E-state index in [2.05, 4.69) is 10.6 Å². The van der Waals surface area contributed by atoms with E-state index in [0.29, 0.717) is 28.0 Å². The Hall–Kier alpha value is -2.08. The van der Waals surface area contributed by atoms with Crippen molar-refractivity contribution in [2.24, 2.45) is 0 Å². The lowest BCUT2D eigenvalue weighted by Gasteiger charge is -2.17. The van der Waals surface area contributed by atoms with Gasteiger partial charge in [-0.1, -0.05) is 29.3 Å². The predicted molar refractivity (Wildman–Crippen MR) is 106 cm³/mol. The van der Waals surface area contributed by atoms with Crippen LogP contribution in [0.2, 0.25) is 10.0 Å². The molecule has 0 aliphatic carbocycles. The standard InChI is InChI=1S/C19H21Cl2N3O2/c1-3-24(11-18(25)22-16-8-6-14(20)7-9-16)12-19(26)23-17-10-15(21)5-4-13(17)2/h4-10H,3,11-12H2,1-2H3,(H,22,25)(H,23,26)/p+1. The molecule has 2 aromatic rings. The number of carbonyl (C=O) groups excluding carboxylic acids is 2. The molecule has 0 aliphatic heterocycles. The molecule has 0 aromatic heterocycles. The second-order valence-electron chi connectivity index (χ2n) is 6.02. The van der Waals surface area contributed by atoms with Crippen LogP contribution in [0.1, 0.15) is 12.5 Å². The normalized spacial score (nSPS) is 11.7. The van der Waals surface area contributed by atoms with Crippen LogP contribution in [-0.2, 0) is 9.59 Å². The van der Waals surface area contributed by atoms with Gasteiger partial charge in [0.15, 0.2) is 13.1 Å². The van der Waals surface area contributed by atoms with Crippen molar-refractivity contribution in [1.29, 1.82) is 0 Å². The second-order valence-corrected chi connectivity index (χ2v) is 6.89. The van der Waals surface area contributed by atoms with Crippen molar-refractivity contribution in [2.45, 2.75) is 13.8 Å². The lowest BCUT2D eigenvalue weighted by Crippen LogP contribution is -3.13. The topological polar surface area (TPSA) is 62.6 Å². The zero-order chi connectivity index (χ0) is 19.1. The minimum atomic E-state index is -0.161. The van der Waals surface area contributed by atoms with Crippen LogP contribution in [0.4, 0.5) is 11.4 Å². The average Bonchev–Trinajstić information content (AvgIpc) is 2.59. The molecular weight excluding hydrogens is 373 g/mol. The van der Waals surface area contributed by atoms with Crippen molar-refractivity contribution >= 4 is 46.4 Å². The van der Waals surface area contributed by atoms with Crippen LogP contribution in [-0.4, -0.2) is 31.4 Å². The summed E-state index contributed by atoms with van der Waals surface area (Å²) in [6, 6.07) is 12.2. The minimum Gasteiger partial charge on any atom is -0.321 e. The molecule has 7 heteroatoms. The molecule has 0 aliphatic rings. The first kappa shape index (κ1) is 20.2. The van der Waals surface area contributed by atoms with E-state index in [1.807, 2.05) is 19.9 Å². The highest BCUT2D eigenvalue weighted by atomic mass is 35.5. The molecule has 0 saturated heterocycles. The first-order chi connectivity index (χ1) is 12.4. The van der Waals surface area contributed by atoms with Gasteiger partial charge in [0.1, 0.15) is 0 Å². The van der Waals surface area contributed by atoms with E-state index in [-0.39, 0.29) is 24.9 Å². The van der Waals surface area contributed by atoms with Crippen LogP contribution < -0.4 is 15.5 Å². The van der Waals surface area contributed by atoms with Gasteiger partial charge in [-0.15, -0.1) is 0 Å². The van der Waals surface area contributed by atoms with E-state index in [1.165, 1.54) is 0 Å². The van der Waals surface area contributed by atoms with Gasteiger partial charge in [0.25, 0.3) is 11.8 Å². The van der Waals surface area contributed by atoms with E-state index in [4.69, 9.17) is 23.2 Å². The molecule has 3 N–H and O–H groups in total. The minimum absolute atomic E-state index is 0.157. The van der Waals surface area contributed by atoms with Crippen molar-refractivity contribution in [3.05, 3.63) is 58.1 Å². The molecule has 26 heavy (non-hydrogen) atoms. The van der Waals surface area contributed by atoms with E-state index >= 15 is 0 Å². The maximum Gasteiger partial charge on any atom is 0.279 e. The van der Waals surface area contributed by atoms with Crippen LogP contribution in [0.5, 0.6) is 0 Å². The van der Waals surface area contributed by atoms with Gasteiger partial charge in [-0.25, -0.2) is 0 Å². The maximum atomic E-state index is 12.3. The molecule has 0 heterocycles. The molecule has 2 amide bonds. The van der Waals surface area contributed by atoms with Crippen molar-refractivity contribution in [2.75, 3.05) is 30.3 Å². The van der Waals surface area contributed by atoms with Crippen molar-refractivity contribution < 1.29 is 14.5 Å². The van der Waals surface area contributed by atoms with E-state index < -0.39 is 0 Å². The number of anilines is 2. The van der Waals surface area contributed by atoms with E-state index in [9.17, 15) is 9.59 Å². The van der Waals surface area contributed by atoms with Crippen LogP contribution in [0.3, 0.4) is 0 Å². The number of amides is 2. The summed E-state index contributed by atoms with van der Waals surface area (Å²) in [7, 11) is 0. The predicted octanol–water partition coefficient (Wildman–Crippen LogP) is 2.78. The number of rotatable bonds is 7. The largest absolute Gasteiger partial charge is 0.321 e. The molecule has 2 rings (SSSR count). The van der Waals surface area contributed by atoms with Gasteiger partial charge >= 0.3 is 0 Å². The smallest absolute Gasteiger partial charge is 0.279 e. The van der Waals surface area contributed by atoms with Crippen molar-refractivity contribution in [3.63, 3.8) is 0 Å². The highest BCUT2D eigenvalue weighted by Gasteiger charge is 2.17. The molecule has 0 radical (unpaired) electrons. The van der Waals surface area contributed by atoms with E-state index in [1.54, 1.807) is 36.4 Å². The Labute approximate surface area is 163 Å². The zero-order valence-electron chi connectivity index (χ0n) is 14.7. The number of hydrogen-bond acceptors (Lipinski definition) is 2. The summed E-state index contributed by atoms with van der Waals surface area (Å²) in [5, 5.41) is 6.83. The van der Waals surface area contributed by atoms with Crippen LogP contribution in [0.25, 0.3) is 0 Å².